The molecule has 0 unspecified atom stereocenters. The van der Waals surface area contributed by atoms with Crippen LogP contribution < -0.4 is 5.32 Å². The molecule has 0 aliphatic heterocycles. The quantitative estimate of drug-likeness (QED) is 0.305. The normalized spacial score (nSPS) is 17.4. The highest BCUT2D eigenvalue weighted by Gasteiger charge is 2.36. The number of hydrogen-bond acceptors (Lipinski definition) is 2. The molecule has 1 fully saturated rings. The van der Waals surface area contributed by atoms with Crippen molar-refractivity contribution in [2.75, 3.05) is 40.9 Å². The number of nitrogens with zero attached hydrogens (tertiary/aromatic N) is 2. The molecule has 0 amide bonds. The van der Waals surface area contributed by atoms with Crippen LogP contribution in [0.5, 0.6) is 0 Å². The number of allylic oxidation sites excluding steroid dienone is 1. The van der Waals surface area contributed by atoms with Crippen molar-refractivity contribution in [3.05, 3.63) is 12.7 Å². The van der Waals surface area contributed by atoms with E-state index in [-0.39, 0.29) is 0 Å². The molecule has 1 aliphatic rings. The second-order valence-electron chi connectivity index (χ2n) is 5.85. The number of unbranched alkanes of at least 4 members (excludes halogenated alkanes) is 1. The summed E-state index contributed by atoms with van der Waals surface area (Å²) in [5.41, 5.74) is 0.425. The molecule has 0 spiro atoms. The Morgan fingerprint density at radius 1 is 1.50 bits per heavy atom. The van der Waals surface area contributed by atoms with Gasteiger partial charge in [0.25, 0.3) is 0 Å². The van der Waals surface area contributed by atoms with Crippen molar-refractivity contribution in [1.29, 1.82) is 0 Å². The minimum absolute atomic E-state index is 0.425. The van der Waals surface area contributed by atoms with Gasteiger partial charge in [0, 0.05) is 40.9 Å². The van der Waals surface area contributed by atoms with E-state index in [1.165, 1.54) is 19.3 Å². The van der Waals surface area contributed by atoms with Gasteiger partial charge in [0.2, 0.25) is 0 Å². The molecular formula is C16H31N3O. The van der Waals surface area contributed by atoms with Crippen LogP contribution in [0.15, 0.2) is 17.6 Å². The zero-order valence-corrected chi connectivity index (χ0v) is 13.5. The van der Waals surface area contributed by atoms with E-state index in [0.29, 0.717) is 5.41 Å². The Hall–Kier alpha value is -1.03. The highest BCUT2D eigenvalue weighted by molar-refractivity contribution is 5.79. The smallest absolute Gasteiger partial charge is 0.193 e. The van der Waals surface area contributed by atoms with E-state index in [2.05, 4.69) is 28.8 Å². The lowest BCUT2D eigenvalue weighted by molar-refractivity contribution is 0.0727. The van der Waals surface area contributed by atoms with Crippen LogP contribution in [-0.2, 0) is 4.74 Å². The lowest BCUT2D eigenvalue weighted by atomic mass is 9.67. The first-order valence-electron chi connectivity index (χ1n) is 7.69. The molecule has 0 aromatic rings. The van der Waals surface area contributed by atoms with Gasteiger partial charge in [-0.25, -0.2) is 0 Å². The average Bonchev–Trinajstić information content (AvgIpc) is 2.41. The molecule has 0 heterocycles. The largest absolute Gasteiger partial charge is 0.385 e. The number of aliphatic imine (C=N–C) groups is 1. The fraction of sp³-hybridized carbons (Fsp3) is 0.812. The van der Waals surface area contributed by atoms with E-state index in [9.17, 15) is 0 Å². The maximum Gasteiger partial charge on any atom is 0.193 e. The average molecular weight is 281 g/mol. The molecule has 0 aromatic carbocycles. The molecule has 0 bridgehead atoms. The van der Waals surface area contributed by atoms with Gasteiger partial charge in [-0.05, 0) is 37.5 Å². The van der Waals surface area contributed by atoms with E-state index in [1.807, 2.05) is 13.1 Å². The van der Waals surface area contributed by atoms with Crippen LogP contribution in [0.3, 0.4) is 0 Å². The van der Waals surface area contributed by atoms with Crippen LogP contribution in [0.2, 0.25) is 0 Å². The summed E-state index contributed by atoms with van der Waals surface area (Å²) in [5, 5.41) is 3.54. The molecule has 0 atom stereocenters. The second-order valence-corrected chi connectivity index (χ2v) is 5.85. The molecule has 0 radical (unpaired) electrons. The third-order valence-corrected chi connectivity index (χ3v) is 4.35. The van der Waals surface area contributed by atoms with Crippen LogP contribution in [0, 0.1) is 5.41 Å². The molecule has 1 N–H and O–H groups in total. The minimum Gasteiger partial charge on any atom is -0.385 e. The van der Waals surface area contributed by atoms with E-state index in [1.54, 1.807) is 7.11 Å². The van der Waals surface area contributed by atoms with Crippen molar-refractivity contribution in [2.24, 2.45) is 10.4 Å². The summed E-state index contributed by atoms with van der Waals surface area (Å²) in [5.74, 6) is 0.998. The number of nitrogens with one attached hydrogen (secondary N) is 1. The lowest BCUT2D eigenvalue weighted by Gasteiger charge is -2.42. The predicted molar refractivity (Wildman–Crippen MR) is 86.2 cm³/mol. The van der Waals surface area contributed by atoms with Crippen LogP contribution in [0.4, 0.5) is 0 Å². The van der Waals surface area contributed by atoms with E-state index in [4.69, 9.17) is 4.74 Å². The van der Waals surface area contributed by atoms with Gasteiger partial charge < -0.3 is 15.0 Å². The summed E-state index contributed by atoms with van der Waals surface area (Å²) in [6.07, 6.45) is 9.25. The maximum atomic E-state index is 5.24. The Bertz CT molecular complexity index is 311. The SMILES string of the molecule is C=CCCCN(C)C(=NC)NCC1(CCOC)CCC1. The Morgan fingerprint density at radius 2 is 2.25 bits per heavy atom. The van der Waals surface area contributed by atoms with Crippen LogP contribution >= 0.6 is 0 Å². The zero-order chi connectivity index (χ0) is 14.8. The number of rotatable bonds is 9. The van der Waals surface area contributed by atoms with Crippen molar-refractivity contribution in [3.8, 4) is 0 Å². The van der Waals surface area contributed by atoms with Crippen LogP contribution in [-0.4, -0.2) is 51.8 Å². The summed E-state index contributed by atoms with van der Waals surface area (Å²) < 4.78 is 5.24. The van der Waals surface area contributed by atoms with Gasteiger partial charge >= 0.3 is 0 Å². The van der Waals surface area contributed by atoms with E-state index in [0.717, 1.165) is 44.9 Å². The third-order valence-electron chi connectivity index (χ3n) is 4.35. The lowest BCUT2D eigenvalue weighted by Crippen LogP contribution is -2.47. The van der Waals surface area contributed by atoms with Gasteiger partial charge in [-0.1, -0.05) is 12.5 Å². The Balaban J connectivity index is 2.37. The summed E-state index contributed by atoms with van der Waals surface area (Å²) in [6, 6.07) is 0. The molecule has 116 valence electrons. The topological polar surface area (TPSA) is 36.9 Å². The number of guanidine groups is 1. The minimum atomic E-state index is 0.425. The standard InChI is InChI=1S/C16H31N3O/c1-5-6-7-12-19(3)15(17-2)18-14-16(9-8-10-16)11-13-20-4/h5H,1,6-14H2,2-4H3,(H,17,18). The Morgan fingerprint density at radius 3 is 2.75 bits per heavy atom. The van der Waals surface area contributed by atoms with Gasteiger partial charge in [-0.3, -0.25) is 4.99 Å². The monoisotopic (exact) mass is 281 g/mol. The fourth-order valence-electron chi connectivity index (χ4n) is 2.74. The van der Waals surface area contributed by atoms with E-state index >= 15 is 0 Å². The van der Waals surface area contributed by atoms with Gasteiger partial charge in [0.05, 0.1) is 0 Å². The van der Waals surface area contributed by atoms with Crippen LogP contribution in [0.1, 0.15) is 38.5 Å². The van der Waals surface area contributed by atoms with Crippen molar-refractivity contribution < 1.29 is 4.74 Å². The molecular weight excluding hydrogens is 250 g/mol. The Kier molecular flexibility index (Phi) is 7.67. The number of ether oxygens (including phenoxy) is 1. The number of hydrogen-bond donors (Lipinski definition) is 1. The first-order valence-corrected chi connectivity index (χ1v) is 7.69. The highest BCUT2D eigenvalue weighted by Crippen LogP contribution is 2.43. The molecule has 1 rings (SSSR count). The molecule has 4 heteroatoms. The molecule has 0 saturated heterocycles. The van der Waals surface area contributed by atoms with Crippen molar-refractivity contribution in [3.63, 3.8) is 0 Å². The predicted octanol–water partition coefficient (Wildman–Crippen LogP) is 2.67. The van der Waals surface area contributed by atoms with Crippen molar-refractivity contribution in [2.45, 2.75) is 38.5 Å². The van der Waals surface area contributed by atoms with Crippen molar-refractivity contribution in [1.82, 2.24) is 10.2 Å². The first-order chi connectivity index (χ1) is 9.67. The third kappa shape index (κ3) is 5.16. The van der Waals surface area contributed by atoms with Gasteiger partial charge in [-0.2, -0.15) is 0 Å². The molecule has 1 saturated carbocycles. The summed E-state index contributed by atoms with van der Waals surface area (Å²) >= 11 is 0. The molecule has 4 nitrogen and oxygen atoms in total. The first kappa shape index (κ1) is 17.0. The summed E-state index contributed by atoms with van der Waals surface area (Å²) in [6.45, 7) is 6.64. The zero-order valence-electron chi connectivity index (χ0n) is 13.5. The highest BCUT2D eigenvalue weighted by atomic mass is 16.5. The molecule has 0 aromatic heterocycles. The van der Waals surface area contributed by atoms with Gasteiger partial charge in [0.15, 0.2) is 5.96 Å². The van der Waals surface area contributed by atoms with E-state index < -0.39 is 0 Å². The molecule has 20 heavy (non-hydrogen) atoms. The van der Waals surface area contributed by atoms with Crippen LogP contribution in [0.25, 0.3) is 0 Å². The molecule has 1 aliphatic carbocycles. The Labute approximate surface area is 124 Å². The van der Waals surface area contributed by atoms with Gasteiger partial charge in [-0.15, -0.1) is 6.58 Å². The van der Waals surface area contributed by atoms with Gasteiger partial charge in [0.1, 0.15) is 0 Å². The van der Waals surface area contributed by atoms with Crippen molar-refractivity contribution >= 4 is 5.96 Å². The maximum absolute atomic E-state index is 5.24. The summed E-state index contributed by atoms with van der Waals surface area (Å²) in [4.78, 5) is 6.58. The summed E-state index contributed by atoms with van der Waals surface area (Å²) in [7, 11) is 5.74. The second kappa shape index (κ2) is 9.01. The number of methoxy groups -OCH3 is 1. The fourth-order valence-corrected chi connectivity index (χ4v) is 2.74.